The van der Waals surface area contributed by atoms with Gasteiger partial charge in [-0.25, -0.2) is 0 Å². The second kappa shape index (κ2) is 9.47. The molecule has 0 bridgehead atoms. The van der Waals surface area contributed by atoms with Crippen molar-refractivity contribution in [2.24, 2.45) is 5.10 Å². The lowest BCUT2D eigenvalue weighted by Crippen LogP contribution is -2.42. The summed E-state index contributed by atoms with van der Waals surface area (Å²) in [5.41, 5.74) is 3.80. The Morgan fingerprint density at radius 2 is 2.08 bits per heavy atom. The molecule has 1 fully saturated rings. The fraction of sp³-hybridized carbons (Fsp3) is 0.368. The number of fused-ring (bicyclic) bond motifs is 1. The van der Waals surface area contributed by atoms with Gasteiger partial charge in [-0.2, -0.15) is 5.10 Å². The third-order valence-electron chi connectivity index (χ3n) is 4.33. The van der Waals surface area contributed by atoms with E-state index in [-0.39, 0.29) is 0 Å². The van der Waals surface area contributed by atoms with E-state index in [1.165, 1.54) is 0 Å². The number of hydrogen-bond donors (Lipinski definition) is 2. The van der Waals surface area contributed by atoms with Crippen LogP contribution in [0.1, 0.15) is 5.56 Å². The van der Waals surface area contributed by atoms with Gasteiger partial charge in [0.15, 0.2) is 5.11 Å². The van der Waals surface area contributed by atoms with Crippen molar-refractivity contribution in [1.29, 1.82) is 0 Å². The van der Waals surface area contributed by atoms with Crippen molar-refractivity contribution in [3.63, 3.8) is 0 Å². The summed E-state index contributed by atoms with van der Waals surface area (Å²) in [6.07, 6.45) is 1.75. The van der Waals surface area contributed by atoms with Gasteiger partial charge in [0.05, 0.1) is 26.5 Å². The summed E-state index contributed by atoms with van der Waals surface area (Å²) in [5.74, 6) is 0.778. The quantitative estimate of drug-likeness (QED) is 0.459. The highest BCUT2D eigenvalue weighted by molar-refractivity contribution is 7.80. The van der Waals surface area contributed by atoms with E-state index in [0.717, 1.165) is 61.5 Å². The first kappa shape index (κ1) is 18.6. The van der Waals surface area contributed by atoms with E-state index in [2.05, 4.69) is 32.9 Å². The van der Waals surface area contributed by atoms with Crippen molar-refractivity contribution >= 4 is 34.3 Å². The predicted molar refractivity (Wildman–Crippen MR) is 109 cm³/mol. The lowest BCUT2D eigenvalue weighted by Gasteiger charge is -2.26. The Morgan fingerprint density at radius 3 is 2.88 bits per heavy atom. The molecule has 0 amide bonds. The molecule has 0 atom stereocenters. The third-order valence-corrected chi connectivity index (χ3v) is 4.56. The van der Waals surface area contributed by atoms with Crippen molar-refractivity contribution in [2.45, 2.75) is 0 Å². The van der Waals surface area contributed by atoms with E-state index in [0.29, 0.717) is 5.11 Å². The predicted octanol–water partition coefficient (Wildman–Crippen LogP) is 1.98. The van der Waals surface area contributed by atoms with Crippen LogP contribution in [0.5, 0.6) is 5.75 Å². The summed E-state index contributed by atoms with van der Waals surface area (Å²) >= 11 is 5.28. The molecule has 26 heavy (non-hydrogen) atoms. The lowest BCUT2D eigenvalue weighted by molar-refractivity contribution is 0.0389. The summed E-state index contributed by atoms with van der Waals surface area (Å²) in [4.78, 5) is 2.35. The number of benzene rings is 2. The minimum Gasteiger partial charge on any atom is -0.496 e. The molecule has 7 heteroatoms. The average molecular weight is 372 g/mol. The van der Waals surface area contributed by atoms with Gasteiger partial charge < -0.3 is 14.8 Å². The van der Waals surface area contributed by atoms with Crippen LogP contribution < -0.4 is 15.5 Å². The summed E-state index contributed by atoms with van der Waals surface area (Å²) in [5, 5.41) is 10.2. The minimum atomic E-state index is 0.508. The van der Waals surface area contributed by atoms with Crippen LogP contribution in [-0.2, 0) is 4.74 Å². The number of hydrogen-bond acceptors (Lipinski definition) is 5. The van der Waals surface area contributed by atoms with E-state index < -0.39 is 0 Å². The van der Waals surface area contributed by atoms with Crippen LogP contribution in [0.25, 0.3) is 10.8 Å². The summed E-state index contributed by atoms with van der Waals surface area (Å²) in [6, 6.07) is 12.1. The fourth-order valence-corrected chi connectivity index (χ4v) is 3.09. The molecule has 2 N–H and O–H groups in total. The molecule has 138 valence electrons. The highest BCUT2D eigenvalue weighted by Gasteiger charge is 2.09. The Balaban J connectivity index is 1.54. The van der Waals surface area contributed by atoms with Gasteiger partial charge in [0.1, 0.15) is 5.75 Å². The van der Waals surface area contributed by atoms with Gasteiger partial charge in [0.2, 0.25) is 0 Å². The SMILES string of the molecule is COc1ccc2ccccc2c1/C=N\NC(=S)NCCN1CCOCC1. The molecule has 0 aromatic heterocycles. The molecule has 3 rings (SSSR count). The zero-order chi connectivity index (χ0) is 18.2. The molecule has 0 radical (unpaired) electrons. The van der Waals surface area contributed by atoms with Gasteiger partial charge in [-0.05, 0) is 29.1 Å². The van der Waals surface area contributed by atoms with E-state index in [4.69, 9.17) is 21.7 Å². The largest absolute Gasteiger partial charge is 0.496 e. The highest BCUT2D eigenvalue weighted by atomic mass is 32.1. The Hall–Kier alpha value is -2.22. The Bertz CT molecular complexity index is 775. The van der Waals surface area contributed by atoms with Crippen LogP contribution in [0.2, 0.25) is 0 Å². The molecule has 0 aliphatic carbocycles. The van der Waals surface area contributed by atoms with Crippen molar-refractivity contribution in [3.8, 4) is 5.75 Å². The van der Waals surface area contributed by atoms with Crippen LogP contribution >= 0.6 is 12.2 Å². The number of hydrazone groups is 1. The molecule has 1 saturated heterocycles. The fourth-order valence-electron chi connectivity index (χ4n) is 2.93. The molecule has 0 saturated carbocycles. The Kier molecular flexibility index (Phi) is 6.76. The molecule has 1 aliphatic heterocycles. The van der Waals surface area contributed by atoms with Crippen LogP contribution in [-0.4, -0.2) is 62.7 Å². The van der Waals surface area contributed by atoms with Gasteiger partial charge in [0.25, 0.3) is 0 Å². The minimum absolute atomic E-state index is 0.508. The number of ether oxygens (including phenoxy) is 2. The first-order valence-corrected chi connectivity index (χ1v) is 9.11. The molecular weight excluding hydrogens is 348 g/mol. The first-order valence-electron chi connectivity index (χ1n) is 8.70. The van der Waals surface area contributed by atoms with E-state index in [9.17, 15) is 0 Å². The Labute approximate surface area is 159 Å². The number of rotatable bonds is 6. The first-order chi connectivity index (χ1) is 12.8. The van der Waals surface area contributed by atoms with Crippen molar-refractivity contribution in [2.75, 3.05) is 46.5 Å². The lowest BCUT2D eigenvalue weighted by atomic mass is 10.0. The average Bonchev–Trinajstić information content (AvgIpc) is 2.69. The van der Waals surface area contributed by atoms with Crippen LogP contribution in [0.15, 0.2) is 41.5 Å². The maximum Gasteiger partial charge on any atom is 0.187 e. The van der Waals surface area contributed by atoms with E-state index in [1.54, 1.807) is 13.3 Å². The monoisotopic (exact) mass is 372 g/mol. The number of nitrogens with one attached hydrogen (secondary N) is 2. The molecule has 2 aromatic rings. The second-order valence-electron chi connectivity index (χ2n) is 5.98. The van der Waals surface area contributed by atoms with Gasteiger partial charge in [-0.1, -0.05) is 30.3 Å². The molecule has 2 aromatic carbocycles. The zero-order valence-electron chi connectivity index (χ0n) is 14.9. The summed E-state index contributed by atoms with van der Waals surface area (Å²) in [6.45, 7) is 5.27. The number of thiocarbonyl (C=S) groups is 1. The molecule has 0 spiro atoms. The smallest absolute Gasteiger partial charge is 0.187 e. The third kappa shape index (κ3) is 4.91. The topological polar surface area (TPSA) is 58.1 Å². The second-order valence-corrected chi connectivity index (χ2v) is 6.39. The molecule has 0 unspecified atom stereocenters. The van der Waals surface area contributed by atoms with Crippen molar-refractivity contribution < 1.29 is 9.47 Å². The number of methoxy groups -OCH3 is 1. The van der Waals surface area contributed by atoms with Gasteiger partial charge >= 0.3 is 0 Å². The molecular formula is C19H24N4O2S. The summed E-state index contributed by atoms with van der Waals surface area (Å²) in [7, 11) is 1.66. The maximum absolute atomic E-state index is 5.46. The van der Waals surface area contributed by atoms with E-state index in [1.807, 2.05) is 24.3 Å². The maximum atomic E-state index is 5.46. The zero-order valence-corrected chi connectivity index (χ0v) is 15.7. The highest BCUT2D eigenvalue weighted by Crippen LogP contribution is 2.26. The van der Waals surface area contributed by atoms with Gasteiger partial charge in [0, 0.05) is 31.7 Å². The Morgan fingerprint density at radius 1 is 1.27 bits per heavy atom. The van der Waals surface area contributed by atoms with Gasteiger partial charge in [-0.15, -0.1) is 0 Å². The van der Waals surface area contributed by atoms with E-state index >= 15 is 0 Å². The summed E-state index contributed by atoms with van der Waals surface area (Å²) < 4.78 is 10.8. The molecule has 1 aliphatic rings. The van der Waals surface area contributed by atoms with Crippen LogP contribution in [0.4, 0.5) is 0 Å². The standard InChI is InChI=1S/C19H24N4O2S/c1-24-18-7-6-15-4-2-3-5-16(15)17(18)14-21-22-19(26)20-8-9-23-10-12-25-13-11-23/h2-7,14H,8-13H2,1H3,(H2,20,22,26)/b21-14-. The normalized spacial score (nSPS) is 15.3. The van der Waals surface area contributed by atoms with Crippen LogP contribution in [0, 0.1) is 0 Å². The van der Waals surface area contributed by atoms with Crippen LogP contribution in [0.3, 0.4) is 0 Å². The number of morpholine rings is 1. The molecule has 1 heterocycles. The number of nitrogens with zero attached hydrogens (tertiary/aromatic N) is 2. The van der Waals surface area contributed by atoms with Gasteiger partial charge in [-0.3, -0.25) is 10.3 Å². The van der Waals surface area contributed by atoms with Crippen molar-refractivity contribution in [3.05, 3.63) is 42.0 Å². The van der Waals surface area contributed by atoms with Crippen molar-refractivity contribution in [1.82, 2.24) is 15.6 Å². The molecule has 6 nitrogen and oxygen atoms in total.